The number of amides is 2. The minimum atomic E-state index is -0.228. The average molecular weight is 274 g/mol. The molecule has 2 unspecified atom stereocenters. The molecule has 0 aliphatic carbocycles. The fourth-order valence-electron chi connectivity index (χ4n) is 2.69. The summed E-state index contributed by atoms with van der Waals surface area (Å²) in [4.78, 5) is 25.0. The molecule has 2 atom stereocenters. The Morgan fingerprint density at radius 2 is 2.05 bits per heavy atom. The molecule has 0 bridgehead atoms. The third kappa shape index (κ3) is 2.61. The predicted molar refractivity (Wildman–Crippen MR) is 78.2 cm³/mol. The highest BCUT2D eigenvalue weighted by molar-refractivity contribution is 6.09. The molecule has 1 aromatic rings. The summed E-state index contributed by atoms with van der Waals surface area (Å²) in [7, 11) is 1.53. The zero-order chi connectivity index (χ0) is 14.9. The molecule has 2 N–H and O–H groups in total. The van der Waals surface area contributed by atoms with Gasteiger partial charge in [0.1, 0.15) is 0 Å². The number of rotatable bonds is 4. The molecule has 0 aromatic heterocycles. The van der Waals surface area contributed by atoms with E-state index in [-0.39, 0.29) is 24.3 Å². The van der Waals surface area contributed by atoms with Crippen LogP contribution in [0.2, 0.25) is 0 Å². The topological polar surface area (TPSA) is 63.4 Å². The van der Waals surface area contributed by atoms with Gasteiger partial charge < -0.3 is 5.73 Å². The van der Waals surface area contributed by atoms with E-state index in [0.29, 0.717) is 11.5 Å². The predicted octanol–water partition coefficient (Wildman–Crippen LogP) is 2.28. The van der Waals surface area contributed by atoms with E-state index >= 15 is 0 Å². The van der Waals surface area contributed by atoms with Crippen LogP contribution in [0, 0.1) is 5.92 Å². The minimum absolute atomic E-state index is 0.0732. The molecule has 1 heterocycles. The lowest BCUT2D eigenvalue weighted by molar-refractivity contribution is -0.127. The van der Waals surface area contributed by atoms with E-state index in [0.717, 1.165) is 24.0 Å². The molecule has 20 heavy (non-hydrogen) atoms. The van der Waals surface area contributed by atoms with E-state index < -0.39 is 0 Å². The fraction of sp³-hybridized carbons (Fsp3) is 0.500. The second-order valence-electron chi connectivity index (χ2n) is 5.64. The van der Waals surface area contributed by atoms with E-state index in [4.69, 9.17) is 5.73 Å². The lowest BCUT2D eigenvalue weighted by Crippen LogP contribution is -2.39. The van der Waals surface area contributed by atoms with Gasteiger partial charge in [-0.3, -0.25) is 14.5 Å². The molecule has 2 amide bonds. The summed E-state index contributed by atoms with van der Waals surface area (Å²) in [6.45, 7) is 4.27. The SMILES string of the molecule is CCCC(C)C(N)c1ccc2c(c1)C(=O)N(C)C(=O)C2. The van der Waals surface area contributed by atoms with E-state index in [1.54, 1.807) is 0 Å². The number of imide groups is 1. The minimum Gasteiger partial charge on any atom is -0.324 e. The summed E-state index contributed by atoms with van der Waals surface area (Å²) < 4.78 is 0. The number of likely N-dealkylation sites (N-methyl/N-ethyl adjacent to an activating group) is 1. The largest absolute Gasteiger partial charge is 0.324 e. The average Bonchev–Trinajstić information content (AvgIpc) is 2.44. The summed E-state index contributed by atoms with van der Waals surface area (Å²) in [5, 5.41) is 0. The van der Waals surface area contributed by atoms with Crippen molar-refractivity contribution in [2.24, 2.45) is 11.7 Å². The standard InChI is InChI=1S/C16H22N2O2/c1-4-5-10(2)15(17)12-7-6-11-9-14(19)18(3)16(20)13(11)8-12/h6-8,10,15H,4-5,9,17H2,1-3H3. The van der Waals surface area contributed by atoms with Gasteiger partial charge in [0, 0.05) is 18.7 Å². The van der Waals surface area contributed by atoms with Crippen molar-refractivity contribution in [2.45, 2.75) is 39.2 Å². The number of hydrogen-bond acceptors (Lipinski definition) is 3. The molecule has 0 saturated carbocycles. The molecule has 2 rings (SSSR count). The molecule has 1 aliphatic rings. The molecule has 0 saturated heterocycles. The van der Waals surface area contributed by atoms with Crippen LogP contribution in [0.4, 0.5) is 0 Å². The van der Waals surface area contributed by atoms with Crippen LogP contribution in [0.15, 0.2) is 18.2 Å². The molecule has 0 fully saturated rings. The number of nitrogens with two attached hydrogens (primary N) is 1. The second-order valence-corrected chi connectivity index (χ2v) is 5.64. The number of fused-ring (bicyclic) bond motifs is 1. The van der Waals surface area contributed by atoms with Crippen molar-refractivity contribution in [3.8, 4) is 0 Å². The van der Waals surface area contributed by atoms with Gasteiger partial charge in [-0.1, -0.05) is 32.4 Å². The first-order valence-corrected chi connectivity index (χ1v) is 7.15. The monoisotopic (exact) mass is 274 g/mol. The van der Waals surface area contributed by atoms with Crippen molar-refractivity contribution < 1.29 is 9.59 Å². The smallest absolute Gasteiger partial charge is 0.260 e. The van der Waals surface area contributed by atoms with Gasteiger partial charge in [0.05, 0.1) is 6.42 Å². The highest BCUT2D eigenvalue weighted by Crippen LogP contribution is 2.27. The lowest BCUT2D eigenvalue weighted by Gasteiger charge is -2.25. The van der Waals surface area contributed by atoms with Gasteiger partial charge in [0.25, 0.3) is 5.91 Å². The van der Waals surface area contributed by atoms with Gasteiger partial charge in [-0.05, 0) is 29.5 Å². The Morgan fingerprint density at radius 1 is 1.35 bits per heavy atom. The first-order valence-electron chi connectivity index (χ1n) is 7.15. The quantitative estimate of drug-likeness (QED) is 0.857. The van der Waals surface area contributed by atoms with Gasteiger partial charge in [0.15, 0.2) is 0 Å². The zero-order valence-electron chi connectivity index (χ0n) is 12.3. The van der Waals surface area contributed by atoms with E-state index in [9.17, 15) is 9.59 Å². The normalized spacial score (nSPS) is 17.9. The molecule has 1 aromatic carbocycles. The van der Waals surface area contributed by atoms with Crippen molar-refractivity contribution in [1.82, 2.24) is 4.90 Å². The van der Waals surface area contributed by atoms with Crippen LogP contribution in [0.1, 0.15) is 54.2 Å². The van der Waals surface area contributed by atoms with Gasteiger partial charge in [0.2, 0.25) is 5.91 Å². The Bertz CT molecular complexity index is 539. The third-order valence-electron chi connectivity index (χ3n) is 4.13. The van der Waals surface area contributed by atoms with Gasteiger partial charge >= 0.3 is 0 Å². The van der Waals surface area contributed by atoms with Crippen LogP contribution in [-0.2, 0) is 11.2 Å². The third-order valence-corrected chi connectivity index (χ3v) is 4.13. The highest BCUT2D eigenvalue weighted by Gasteiger charge is 2.28. The number of nitrogens with zero attached hydrogens (tertiary/aromatic N) is 1. The summed E-state index contributed by atoms with van der Waals surface area (Å²) in [5.41, 5.74) is 8.66. The molecule has 1 aliphatic heterocycles. The van der Waals surface area contributed by atoms with Crippen LogP contribution in [0.25, 0.3) is 0 Å². The summed E-state index contributed by atoms with van der Waals surface area (Å²) >= 11 is 0. The first kappa shape index (κ1) is 14.7. The molecule has 0 spiro atoms. The Balaban J connectivity index is 2.32. The van der Waals surface area contributed by atoms with Crippen molar-refractivity contribution in [3.05, 3.63) is 34.9 Å². The molecule has 4 heteroatoms. The summed E-state index contributed by atoms with van der Waals surface area (Å²) in [6, 6.07) is 5.60. The van der Waals surface area contributed by atoms with E-state index in [2.05, 4.69) is 13.8 Å². The van der Waals surface area contributed by atoms with Crippen molar-refractivity contribution in [1.29, 1.82) is 0 Å². The van der Waals surface area contributed by atoms with Crippen molar-refractivity contribution in [3.63, 3.8) is 0 Å². The maximum absolute atomic E-state index is 12.2. The summed E-state index contributed by atoms with van der Waals surface area (Å²) in [6.07, 6.45) is 2.44. The molecular formula is C16H22N2O2. The number of carbonyl (C=O) groups excluding carboxylic acids is 2. The second kappa shape index (κ2) is 5.75. The van der Waals surface area contributed by atoms with Gasteiger partial charge in [-0.25, -0.2) is 0 Å². The van der Waals surface area contributed by atoms with Gasteiger partial charge in [-0.2, -0.15) is 0 Å². The lowest BCUT2D eigenvalue weighted by atomic mass is 9.88. The van der Waals surface area contributed by atoms with Crippen LogP contribution in [-0.4, -0.2) is 23.8 Å². The summed E-state index contributed by atoms with van der Waals surface area (Å²) in [5.74, 6) is -0.0107. The first-order chi connectivity index (χ1) is 9.45. The Morgan fingerprint density at radius 3 is 2.70 bits per heavy atom. The maximum atomic E-state index is 12.2. The maximum Gasteiger partial charge on any atom is 0.260 e. The molecular weight excluding hydrogens is 252 g/mol. The zero-order valence-corrected chi connectivity index (χ0v) is 12.3. The fourth-order valence-corrected chi connectivity index (χ4v) is 2.69. The number of hydrogen-bond donors (Lipinski definition) is 1. The Hall–Kier alpha value is -1.68. The van der Waals surface area contributed by atoms with Crippen molar-refractivity contribution in [2.75, 3.05) is 7.05 Å². The van der Waals surface area contributed by atoms with Gasteiger partial charge in [-0.15, -0.1) is 0 Å². The number of benzene rings is 1. The molecule has 4 nitrogen and oxygen atoms in total. The number of carbonyl (C=O) groups is 2. The molecule has 0 radical (unpaired) electrons. The van der Waals surface area contributed by atoms with Crippen LogP contribution < -0.4 is 5.73 Å². The Labute approximate surface area is 119 Å². The molecule has 108 valence electrons. The van der Waals surface area contributed by atoms with Crippen molar-refractivity contribution >= 4 is 11.8 Å². The highest BCUT2D eigenvalue weighted by atomic mass is 16.2. The van der Waals surface area contributed by atoms with Crippen LogP contribution >= 0.6 is 0 Å². The Kier molecular flexibility index (Phi) is 4.23. The van der Waals surface area contributed by atoms with Crippen LogP contribution in [0.5, 0.6) is 0 Å². The van der Waals surface area contributed by atoms with E-state index in [1.165, 1.54) is 11.9 Å². The van der Waals surface area contributed by atoms with Crippen LogP contribution in [0.3, 0.4) is 0 Å². The van der Waals surface area contributed by atoms with E-state index in [1.807, 2.05) is 18.2 Å².